The number of hydrogen-bond acceptors (Lipinski definition) is 3. The van der Waals surface area contributed by atoms with E-state index < -0.39 is 5.97 Å². The van der Waals surface area contributed by atoms with Crippen LogP contribution in [-0.2, 0) is 0 Å². The molecule has 2 rings (SSSR count). The molecule has 0 bridgehead atoms. The molecule has 2 aromatic rings. The maximum absolute atomic E-state index is 12.8. The summed E-state index contributed by atoms with van der Waals surface area (Å²) in [5.74, 6) is 0.0549. The van der Waals surface area contributed by atoms with Crippen LogP contribution < -0.4 is 9.47 Å². The average molecular weight is 286 g/mol. The highest BCUT2D eigenvalue weighted by Gasteiger charge is 2.08. The quantitative estimate of drug-likeness (QED) is 0.466. The zero-order chi connectivity index (χ0) is 15.1. The van der Waals surface area contributed by atoms with Gasteiger partial charge in [-0.2, -0.15) is 0 Å². The fourth-order valence-corrected chi connectivity index (χ4v) is 1.56. The van der Waals surface area contributed by atoms with Crippen LogP contribution in [0.5, 0.6) is 11.5 Å². The van der Waals surface area contributed by atoms with Crippen LogP contribution in [0.4, 0.5) is 4.39 Å². The number of esters is 1. The third-order valence-corrected chi connectivity index (χ3v) is 2.65. The number of rotatable bonds is 5. The third-order valence-electron chi connectivity index (χ3n) is 2.65. The second-order valence-electron chi connectivity index (χ2n) is 4.27. The van der Waals surface area contributed by atoms with Crippen LogP contribution in [-0.4, -0.2) is 5.97 Å². The van der Waals surface area contributed by atoms with Crippen molar-refractivity contribution in [1.82, 2.24) is 0 Å². The van der Waals surface area contributed by atoms with E-state index in [-0.39, 0.29) is 5.82 Å². The van der Waals surface area contributed by atoms with Gasteiger partial charge in [0.15, 0.2) is 0 Å². The fraction of sp³-hybridized carbons (Fsp3) is 0.118. The van der Waals surface area contributed by atoms with Gasteiger partial charge < -0.3 is 9.47 Å². The summed E-state index contributed by atoms with van der Waals surface area (Å²) in [5.41, 5.74) is 0.395. The Kier molecular flexibility index (Phi) is 5.10. The van der Waals surface area contributed by atoms with Crippen molar-refractivity contribution in [3.05, 3.63) is 72.2 Å². The highest BCUT2D eigenvalue weighted by atomic mass is 19.1. The van der Waals surface area contributed by atoms with Crippen molar-refractivity contribution in [2.24, 2.45) is 0 Å². The summed E-state index contributed by atoms with van der Waals surface area (Å²) in [7, 11) is 0. The molecule has 0 atom stereocenters. The Labute approximate surface area is 122 Å². The second kappa shape index (κ2) is 7.24. The maximum atomic E-state index is 12.8. The Balaban J connectivity index is 1.99. The molecule has 4 heteroatoms. The van der Waals surface area contributed by atoms with Crippen molar-refractivity contribution in [1.29, 1.82) is 0 Å². The molecular weight excluding hydrogens is 271 g/mol. The number of allylic oxidation sites excluding steroid dienone is 1. The van der Waals surface area contributed by atoms with E-state index in [0.29, 0.717) is 17.1 Å². The molecule has 2 aromatic carbocycles. The van der Waals surface area contributed by atoms with Gasteiger partial charge in [-0.1, -0.05) is 6.92 Å². The van der Waals surface area contributed by atoms with Gasteiger partial charge in [0, 0.05) is 0 Å². The van der Waals surface area contributed by atoms with Crippen LogP contribution in [0.15, 0.2) is 60.9 Å². The van der Waals surface area contributed by atoms with Crippen molar-refractivity contribution in [2.75, 3.05) is 0 Å². The lowest BCUT2D eigenvalue weighted by Gasteiger charge is -2.05. The molecule has 21 heavy (non-hydrogen) atoms. The molecule has 108 valence electrons. The van der Waals surface area contributed by atoms with E-state index in [4.69, 9.17) is 9.47 Å². The first-order valence-electron chi connectivity index (χ1n) is 6.58. The second-order valence-corrected chi connectivity index (χ2v) is 4.27. The Hall–Kier alpha value is -2.62. The normalized spacial score (nSPS) is 10.6. The van der Waals surface area contributed by atoms with Crippen molar-refractivity contribution in [3.8, 4) is 11.5 Å². The predicted molar refractivity (Wildman–Crippen MR) is 77.9 cm³/mol. The molecule has 0 radical (unpaired) electrons. The first-order chi connectivity index (χ1) is 10.2. The van der Waals surface area contributed by atoms with Gasteiger partial charge in [0.1, 0.15) is 17.3 Å². The van der Waals surface area contributed by atoms with Gasteiger partial charge in [-0.05, 0) is 61.0 Å². The summed E-state index contributed by atoms with van der Waals surface area (Å²) in [6, 6.07) is 11.9. The van der Waals surface area contributed by atoms with Crippen LogP contribution in [0.25, 0.3) is 0 Å². The maximum Gasteiger partial charge on any atom is 0.343 e. The van der Waals surface area contributed by atoms with Crippen molar-refractivity contribution in [2.45, 2.75) is 13.3 Å². The van der Waals surface area contributed by atoms with Crippen molar-refractivity contribution >= 4 is 5.97 Å². The number of benzene rings is 2. The van der Waals surface area contributed by atoms with Gasteiger partial charge in [-0.3, -0.25) is 0 Å². The molecule has 0 heterocycles. The fourth-order valence-electron chi connectivity index (χ4n) is 1.56. The molecule has 0 saturated heterocycles. The molecular formula is C17H15FO3. The molecule has 0 unspecified atom stereocenters. The first-order valence-corrected chi connectivity index (χ1v) is 6.58. The standard InChI is InChI=1S/C17H15FO3/c1-2-3-12-20-15-8-4-13(5-9-15)17(19)21-16-10-6-14(18)7-11-16/h3-12H,2H2,1H3. The number of halogens is 1. The number of carbonyl (C=O) groups excluding carboxylic acids is 1. The van der Waals surface area contributed by atoms with Crippen LogP contribution >= 0.6 is 0 Å². The van der Waals surface area contributed by atoms with E-state index in [1.54, 1.807) is 30.5 Å². The lowest BCUT2D eigenvalue weighted by molar-refractivity contribution is 0.0734. The van der Waals surface area contributed by atoms with Crippen molar-refractivity contribution < 1.29 is 18.7 Å². The minimum Gasteiger partial charge on any atom is -0.465 e. The Morgan fingerprint density at radius 3 is 2.29 bits per heavy atom. The largest absolute Gasteiger partial charge is 0.465 e. The molecule has 0 fully saturated rings. The average Bonchev–Trinajstić information content (AvgIpc) is 2.50. The molecule has 0 aliphatic rings. The highest BCUT2D eigenvalue weighted by molar-refractivity contribution is 5.91. The first kappa shape index (κ1) is 14.8. The molecule has 0 aliphatic carbocycles. The van der Waals surface area contributed by atoms with Gasteiger partial charge in [-0.15, -0.1) is 0 Å². The van der Waals surface area contributed by atoms with Gasteiger partial charge in [0.05, 0.1) is 11.8 Å². The van der Waals surface area contributed by atoms with Crippen LogP contribution in [0, 0.1) is 5.82 Å². The van der Waals surface area contributed by atoms with E-state index in [0.717, 1.165) is 6.42 Å². The van der Waals surface area contributed by atoms with Gasteiger partial charge in [0.25, 0.3) is 0 Å². The monoisotopic (exact) mass is 286 g/mol. The molecule has 0 N–H and O–H groups in total. The lowest BCUT2D eigenvalue weighted by atomic mass is 10.2. The Bertz CT molecular complexity index is 615. The topological polar surface area (TPSA) is 35.5 Å². The van der Waals surface area contributed by atoms with Crippen LogP contribution in [0.3, 0.4) is 0 Å². The Morgan fingerprint density at radius 1 is 1.05 bits per heavy atom. The van der Waals surface area contributed by atoms with Gasteiger partial charge in [0.2, 0.25) is 0 Å². The smallest absolute Gasteiger partial charge is 0.343 e. The lowest BCUT2D eigenvalue weighted by Crippen LogP contribution is -2.08. The third kappa shape index (κ3) is 4.45. The molecule has 0 aliphatic heterocycles. The molecule has 0 spiro atoms. The van der Waals surface area contributed by atoms with Crippen LogP contribution in [0.2, 0.25) is 0 Å². The summed E-state index contributed by atoms with van der Waals surface area (Å²) in [6.07, 6.45) is 4.38. The molecule has 0 aromatic heterocycles. The minimum atomic E-state index is -0.503. The summed E-state index contributed by atoms with van der Waals surface area (Å²) >= 11 is 0. The SMILES string of the molecule is CCC=COc1ccc(C(=O)Oc2ccc(F)cc2)cc1. The van der Waals surface area contributed by atoms with Gasteiger partial charge in [-0.25, -0.2) is 9.18 Å². The summed E-state index contributed by atoms with van der Waals surface area (Å²) < 4.78 is 23.2. The molecule has 3 nitrogen and oxygen atoms in total. The summed E-state index contributed by atoms with van der Waals surface area (Å²) in [4.78, 5) is 11.9. The van der Waals surface area contributed by atoms with E-state index in [2.05, 4.69) is 0 Å². The Morgan fingerprint density at radius 2 is 1.67 bits per heavy atom. The van der Waals surface area contributed by atoms with E-state index in [1.807, 2.05) is 13.0 Å². The highest BCUT2D eigenvalue weighted by Crippen LogP contribution is 2.16. The number of ether oxygens (including phenoxy) is 2. The minimum absolute atomic E-state index is 0.299. The molecule has 0 amide bonds. The zero-order valence-electron chi connectivity index (χ0n) is 11.6. The predicted octanol–water partition coefficient (Wildman–Crippen LogP) is 4.35. The van der Waals surface area contributed by atoms with E-state index >= 15 is 0 Å². The van der Waals surface area contributed by atoms with E-state index in [1.165, 1.54) is 24.3 Å². The van der Waals surface area contributed by atoms with Crippen LogP contribution in [0.1, 0.15) is 23.7 Å². The summed E-state index contributed by atoms with van der Waals surface area (Å²) in [5, 5.41) is 0. The van der Waals surface area contributed by atoms with Crippen molar-refractivity contribution in [3.63, 3.8) is 0 Å². The number of carbonyl (C=O) groups is 1. The molecule has 0 saturated carbocycles. The van der Waals surface area contributed by atoms with E-state index in [9.17, 15) is 9.18 Å². The van der Waals surface area contributed by atoms with Gasteiger partial charge >= 0.3 is 5.97 Å². The number of hydrogen-bond donors (Lipinski definition) is 0. The zero-order valence-corrected chi connectivity index (χ0v) is 11.6. The summed E-state index contributed by atoms with van der Waals surface area (Å²) in [6.45, 7) is 2.01.